The molecule has 9 heteroatoms. The van der Waals surface area contributed by atoms with Crippen LogP contribution in [0.1, 0.15) is 35.8 Å². The molecule has 3 heterocycles. The van der Waals surface area contributed by atoms with Crippen LogP contribution in [0.4, 0.5) is 15.3 Å². The summed E-state index contributed by atoms with van der Waals surface area (Å²) in [5.41, 5.74) is 2.00. The maximum atomic E-state index is 14.0. The molecular formula is C20H21FN4O2S2. The van der Waals surface area contributed by atoms with Gasteiger partial charge in [-0.2, -0.15) is 4.31 Å². The zero-order valence-electron chi connectivity index (χ0n) is 16.1. The third-order valence-corrected chi connectivity index (χ3v) is 7.70. The number of sulfonamides is 1. The Kier molecular flexibility index (Phi) is 5.37. The summed E-state index contributed by atoms with van der Waals surface area (Å²) >= 11 is 1.48. The van der Waals surface area contributed by atoms with Crippen LogP contribution in [0, 0.1) is 19.7 Å². The quantitative estimate of drug-likeness (QED) is 0.640. The van der Waals surface area contributed by atoms with Gasteiger partial charge < -0.3 is 5.32 Å². The summed E-state index contributed by atoms with van der Waals surface area (Å²) in [5, 5.41) is 5.84. The highest BCUT2D eigenvalue weighted by Gasteiger charge is 2.37. The van der Waals surface area contributed by atoms with Crippen LogP contribution in [0.15, 0.2) is 46.7 Å². The van der Waals surface area contributed by atoms with E-state index >= 15 is 0 Å². The predicted molar refractivity (Wildman–Crippen MR) is 111 cm³/mol. The number of anilines is 2. The fourth-order valence-corrected chi connectivity index (χ4v) is 5.80. The summed E-state index contributed by atoms with van der Waals surface area (Å²) in [5.74, 6) is 0.0902. The Bertz CT molecular complexity index is 1150. The van der Waals surface area contributed by atoms with Crippen LogP contribution in [0.25, 0.3) is 0 Å². The molecule has 3 aromatic rings. The van der Waals surface area contributed by atoms with Crippen LogP contribution in [0.5, 0.6) is 0 Å². The third-order valence-electron chi connectivity index (χ3n) is 4.92. The van der Waals surface area contributed by atoms with Crippen molar-refractivity contribution in [2.24, 2.45) is 0 Å². The first kappa shape index (κ1) is 19.9. The van der Waals surface area contributed by atoms with E-state index in [0.717, 1.165) is 23.3 Å². The number of pyridine rings is 1. The van der Waals surface area contributed by atoms with Crippen LogP contribution in [-0.2, 0) is 10.0 Å². The van der Waals surface area contributed by atoms with Crippen molar-refractivity contribution in [3.63, 3.8) is 0 Å². The van der Waals surface area contributed by atoms with Crippen molar-refractivity contribution in [2.45, 2.75) is 37.6 Å². The minimum atomic E-state index is -3.82. The van der Waals surface area contributed by atoms with Gasteiger partial charge in [0.25, 0.3) is 0 Å². The van der Waals surface area contributed by atoms with E-state index in [-0.39, 0.29) is 10.9 Å². The standard InChI is InChI=1S/C20H21FN4O2S2/c1-13-8-9-15(11-16(13)21)29(26,27)25-10-4-6-18(25)17-5-3-7-19(23-17)24-20-22-14(2)12-28-20/h3,5,7-9,11-12,18H,4,6,10H2,1-2H3,(H,22,23,24)/t18-/m0/s1. The lowest BCUT2D eigenvalue weighted by Gasteiger charge is -2.24. The second-order valence-corrected chi connectivity index (χ2v) is 9.80. The lowest BCUT2D eigenvalue weighted by atomic mass is 10.1. The van der Waals surface area contributed by atoms with Gasteiger partial charge in [-0.05, 0) is 56.5 Å². The SMILES string of the molecule is Cc1csc(Nc2cccc([C@@H]3CCCN3S(=O)(=O)c3ccc(C)c(F)c3)n2)n1. The summed E-state index contributed by atoms with van der Waals surface area (Å²) in [6, 6.07) is 9.15. The van der Waals surface area contributed by atoms with Gasteiger partial charge in [0.1, 0.15) is 11.6 Å². The summed E-state index contributed by atoms with van der Waals surface area (Å²) in [6.45, 7) is 3.91. The van der Waals surface area contributed by atoms with E-state index < -0.39 is 15.8 Å². The van der Waals surface area contributed by atoms with Crippen LogP contribution < -0.4 is 5.32 Å². The van der Waals surface area contributed by atoms with Gasteiger partial charge in [-0.1, -0.05) is 12.1 Å². The fraction of sp³-hybridized carbons (Fsp3) is 0.300. The van der Waals surface area contributed by atoms with Gasteiger partial charge in [0.15, 0.2) is 5.13 Å². The number of nitrogens with one attached hydrogen (secondary N) is 1. The number of nitrogens with zero attached hydrogens (tertiary/aromatic N) is 3. The Morgan fingerprint density at radius 2 is 2.03 bits per heavy atom. The molecule has 152 valence electrons. The molecule has 0 radical (unpaired) electrons. The molecule has 1 aliphatic heterocycles. The largest absolute Gasteiger partial charge is 0.316 e. The van der Waals surface area contributed by atoms with Crippen LogP contribution >= 0.6 is 11.3 Å². The Morgan fingerprint density at radius 3 is 2.76 bits per heavy atom. The van der Waals surface area contributed by atoms with E-state index in [1.807, 2.05) is 30.5 Å². The minimum Gasteiger partial charge on any atom is -0.316 e. The molecule has 6 nitrogen and oxygen atoms in total. The number of benzene rings is 1. The Labute approximate surface area is 173 Å². The molecule has 0 bridgehead atoms. The molecule has 1 fully saturated rings. The number of aromatic nitrogens is 2. The molecule has 1 aliphatic rings. The highest BCUT2D eigenvalue weighted by molar-refractivity contribution is 7.89. The van der Waals surface area contributed by atoms with E-state index in [0.29, 0.717) is 30.0 Å². The Hall–Kier alpha value is -2.36. The summed E-state index contributed by atoms with van der Waals surface area (Å²) in [6.07, 6.45) is 1.39. The highest BCUT2D eigenvalue weighted by Crippen LogP contribution is 2.36. The molecule has 0 aliphatic carbocycles. The number of aryl methyl sites for hydroxylation is 2. The lowest BCUT2D eigenvalue weighted by molar-refractivity contribution is 0.390. The molecule has 0 amide bonds. The van der Waals surface area contributed by atoms with E-state index in [9.17, 15) is 12.8 Å². The monoisotopic (exact) mass is 432 g/mol. The van der Waals surface area contributed by atoms with E-state index in [2.05, 4.69) is 15.3 Å². The number of hydrogen-bond acceptors (Lipinski definition) is 6. The second kappa shape index (κ2) is 7.81. The topological polar surface area (TPSA) is 75.2 Å². The zero-order valence-corrected chi connectivity index (χ0v) is 17.7. The Balaban J connectivity index is 1.62. The second-order valence-electron chi connectivity index (χ2n) is 7.05. The minimum absolute atomic E-state index is 0.0277. The van der Waals surface area contributed by atoms with Crippen LogP contribution in [0.3, 0.4) is 0 Å². The number of rotatable bonds is 5. The van der Waals surface area contributed by atoms with Gasteiger partial charge in [-0.25, -0.2) is 22.8 Å². The highest BCUT2D eigenvalue weighted by atomic mass is 32.2. The average molecular weight is 433 g/mol. The average Bonchev–Trinajstić information content (AvgIpc) is 3.33. The first-order valence-corrected chi connectivity index (χ1v) is 11.6. The van der Waals surface area contributed by atoms with Crippen molar-refractivity contribution >= 4 is 32.3 Å². The van der Waals surface area contributed by atoms with Crippen molar-refractivity contribution in [1.29, 1.82) is 0 Å². The third kappa shape index (κ3) is 4.03. The van der Waals surface area contributed by atoms with Crippen molar-refractivity contribution < 1.29 is 12.8 Å². The number of hydrogen-bond donors (Lipinski definition) is 1. The Morgan fingerprint density at radius 1 is 1.21 bits per heavy atom. The maximum Gasteiger partial charge on any atom is 0.243 e. The van der Waals surface area contributed by atoms with Crippen LogP contribution in [-0.4, -0.2) is 29.2 Å². The maximum absolute atomic E-state index is 14.0. The van der Waals surface area contributed by atoms with Gasteiger partial charge in [0, 0.05) is 11.9 Å². The molecule has 2 aromatic heterocycles. The van der Waals surface area contributed by atoms with Gasteiger partial charge in [-0.15, -0.1) is 11.3 Å². The van der Waals surface area contributed by atoms with Gasteiger partial charge in [0.2, 0.25) is 10.0 Å². The van der Waals surface area contributed by atoms with E-state index in [1.165, 1.54) is 27.8 Å². The van der Waals surface area contributed by atoms with Gasteiger partial charge in [-0.3, -0.25) is 0 Å². The smallest absolute Gasteiger partial charge is 0.243 e. The molecular weight excluding hydrogens is 411 g/mol. The summed E-state index contributed by atoms with van der Waals surface area (Å²) in [4.78, 5) is 8.96. The lowest BCUT2D eigenvalue weighted by Crippen LogP contribution is -2.31. The molecule has 1 aromatic carbocycles. The van der Waals surface area contributed by atoms with Crippen LogP contribution in [0.2, 0.25) is 0 Å². The molecule has 1 atom stereocenters. The van der Waals surface area contributed by atoms with E-state index in [4.69, 9.17) is 0 Å². The van der Waals surface area contributed by atoms with Crippen molar-refractivity contribution in [1.82, 2.24) is 14.3 Å². The van der Waals surface area contributed by atoms with E-state index in [1.54, 1.807) is 6.92 Å². The zero-order chi connectivity index (χ0) is 20.6. The molecule has 1 N–H and O–H groups in total. The number of thiazole rings is 1. The molecule has 29 heavy (non-hydrogen) atoms. The van der Waals surface area contributed by atoms with Crippen molar-refractivity contribution in [3.8, 4) is 0 Å². The first-order valence-electron chi connectivity index (χ1n) is 9.29. The van der Waals surface area contributed by atoms with Gasteiger partial charge in [0.05, 0.1) is 22.3 Å². The summed E-state index contributed by atoms with van der Waals surface area (Å²) < 4.78 is 41.7. The molecule has 0 saturated carbocycles. The molecule has 0 unspecified atom stereocenters. The predicted octanol–water partition coefficient (Wildman–Crippen LogP) is 4.56. The normalized spacial score (nSPS) is 17.6. The molecule has 1 saturated heterocycles. The van der Waals surface area contributed by atoms with Crippen molar-refractivity contribution in [2.75, 3.05) is 11.9 Å². The number of halogens is 1. The van der Waals surface area contributed by atoms with Crippen molar-refractivity contribution in [3.05, 3.63) is 64.5 Å². The fourth-order valence-electron chi connectivity index (χ4n) is 3.42. The van der Waals surface area contributed by atoms with Gasteiger partial charge >= 0.3 is 0 Å². The molecule has 0 spiro atoms. The summed E-state index contributed by atoms with van der Waals surface area (Å²) in [7, 11) is -3.82. The first-order chi connectivity index (χ1) is 13.8. The molecule has 4 rings (SSSR count).